The molecule has 0 bridgehead atoms. The molecule has 6 nitrogen and oxygen atoms in total. The summed E-state index contributed by atoms with van der Waals surface area (Å²) >= 11 is 7.77. The summed E-state index contributed by atoms with van der Waals surface area (Å²) in [5.74, 6) is 1.03. The van der Waals surface area contributed by atoms with E-state index in [1.165, 1.54) is 11.1 Å². The van der Waals surface area contributed by atoms with Gasteiger partial charge in [-0.25, -0.2) is 4.98 Å². The second-order valence-electron chi connectivity index (χ2n) is 6.33. The first-order valence-corrected chi connectivity index (χ1v) is 9.84. The number of hydrogen-bond donors (Lipinski definition) is 1. The van der Waals surface area contributed by atoms with Crippen LogP contribution in [0.3, 0.4) is 0 Å². The van der Waals surface area contributed by atoms with Gasteiger partial charge in [-0.1, -0.05) is 24.3 Å². The minimum Gasteiger partial charge on any atom is -0.336 e. The van der Waals surface area contributed by atoms with Gasteiger partial charge in [0.05, 0.1) is 15.7 Å². The van der Waals surface area contributed by atoms with E-state index < -0.39 is 0 Å². The molecule has 0 radical (unpaired) electrons. The Morgan fingerprint density at radius 3 is 2.85 bits per heavy atom. The van der Waals surface area contributed by atoms with E-state index in [-0.39, 0.29) is 5.28 Å². The van der Waals surface area contributed by atoms with Gasteiger partial charge in [-0.3, -0.25) is 0 Å². The summed E-state index contributed by atoms with van der Waals surface area (Å²) in [6.07, 6.45) is 0.963. The Balaban J connectivity index is 1.43. The van der Waals surface area contributed by atoms with Crippen molar-refractivity contribution in [3.63, 3.8) is 0 Å². The van der Waals surface area contributed by atoms with Crippen LogP contribution in [0.4, 0.5) is 17.6 Å². The number of rotatable bonds is 3. The first-order chi connectivity index (χ1) is 13.2. The molecule has 1 N–H and O–H groups in total. The summed E-state index contributed by atoms with van der Waals surface area (Å²) in [5, 5.41) is 3.41. The highest BCUT2D eigenvalue weighted by Gasteiger charge is 2.19. The van der Waals surface area contributed by atoms with E-state index in [0.29, 0.717) is 11.9 Å². The highest BCUT2D eigenvalue weighted by atomic mass is 35.5. The summed E-state index contributed by atoms with van der Waals surface area (Å²) in [6, 6.07) is 14.4. The Morgan fingerprint density at radius 1 is 1.04 bits per heavy atom. The summed E-state index contributed by atoms with van der Waals surface area (Å²) in [5.41, 5.74) is 6.38. The fourth-order valence-electron chi connectivity index (χ4n) is 3.27. The van der Waals surface area contributed by atoms with E-state index in [1.807, 2.05) is 23.7 Å². The largest absolute Gasteiger partial charge is 0.336 e. The first kappa shape index (κ1) is 16.4. The fraction of sp³-hybridized carbons (Fsp3) is 0.158. The zero-order chi connectivity index (χ0) is 18.2. The molecule has 1 aliphatic heterocycles. The third-order valence-electron chi connectivity index (χ3n) is 4.60. The molecule has 0 atom stereocenters. The second kappa shape index (κ2) is 6.75. The van der Waals surface area contributed by atoms with E-state index in [2.05, 4.69) is 54.4 Å². The van der Waals surface area contributed by atoms with Crippen molar-refractivity contribution in [2.24, 2.45) is 0 Å². The molecule has 0 saturated carbocycles. The van der Waals surface area contributed by atoms with Crippen molar-refractivity contribution in [3.8, 4) is 0 Å². The Hall–Kier alpha value is -2.77. The van der Waals surface area contributed by atoms with Crippen LogP contribution in [0.5, 0.6) is 0 Å². The number of nitrogens with one attached hydrogen (secondary N) is 1. The molecule has 2 aromatic carbocycles. The van der Waals surface area contributed by atoms with Gasteiger partial charge in [-0.2, -0.15) is 15.0 Å². The molecular weight excluding hydrogens is 380 g/mol. The molecule has 0 amide bonds. The molecule has 0 aliphatic carbocycles. The number of halogens is 1. The normalized spacial score (nSPS) is 13.6. The average Bonchev–Trinajstić information content (AvgIpc) is 3.15. The zero-order valence-electron chi connectivity index (χ0n) is 14.3. The lowest BCUT2D eigenvalue weighted by atomic mass is 10.0. The molecule has 0 fully saturated rings. The summed E-state index contributed by atoms with van der Waals surface area (Å²) in [7, 11) is 0. The Kier molecular flexibility index (Phi) is 4.10. The predicted molar refractivity (Wildman–Crippen MR) is 109 cm³/mol. The lowest BCUT2D eigenvalue weighted by Gasteiger charge is -2.28. The van der Waals surface area contributed by atoms with Crippen molar-refractivity contribution < 1.29 is 0 Å². The van der Waals surface area contributed by atoms with Gasteiger partial charge in [-0.15, -0.1) is 11.3 Å². The van der Waals surface area contributed by atoms with E-state index in [9.17, 15) is 0 Å². The third kappa shape index (κ3) is 3.31. The predicted octanol–water partition coefficient (Wildman–Crippen LogP) is 4.44. The fourth-order valence-corrected chi connectivity index (χ4v) is 4.14. The van der Waals surface area contributed by atoms with Crippen LogP contribution < -0.4 is 10.2 Å². The number of benzene rings is 2. The first-order valence-electron chi connectivity index (χ1n) is 8.58. The molecule has 0 unspecified atom stereocenters. The lowest BCUT2D eigenvalue weighted by Crippen LogP contribution is -2.32. The number of thiazole rings is 1. The maximum Gasteiger partial charge on any atom is 0.233 e. The highest BCUT2D eigenvalue weighted by Crippen LogP contribution is 2.26. The summed E-state index contributed by atoms with van der Waals surface area (Å²) in [4.78, 5) is 19.6. The van der Waals surface area contributed by atoms with Gasteiger partial charge in [0.15, 0.2) is 0 Å². The van der Waals surface area contributed by atoms with E-state index in [4.69, 9.17) is 11.6 Å². The van der Waals surface area contributed by atoms with Crippen LogP contribution in [0.1, 0.15) is 11.1 Å². The van der Waals surface area contributed by atoms with Gasteiger partial charge < -0.3 is 10.2 Å². The molecule has 4 aromatic rings. The van der Waals surface area contributed by atoms with Crippen LogP contribution in [0.2, 0.25) is 5.28 Å². The van der Waals surface area contributed by atoms with Crippen LogP contribution in [-0.4, -0.2) is 26.5 Å². The van der Waals surface area contributed by atoms with Gasteiger partial charge in [-0.05, 0) is 47.3 Å². The summed E-state index contributed by atoms with van der Waals surface area (Å²) in [6.45, 7) is 1.62. The number of nitrogens with zero attached hydrogens (tertiary/aromatic N) is 5. The van der Waals surface area contributed by atoms with Gasteiger partial charge in [0.25, 0.3) is 0 Å². The van der Waals surface area contributed by atoms with Gasteiger partial charge >= 0.3 is 0 Å². The van der Waals surface area contributed by atoms with Crippen molar-refractivity contribution in [3.05, 3.63) is 64.4 Å². The van der Waals surface area contributed by atoms with Crippen molar-refractivity contribution in [1.82, 2.24) is 19.9 Å². The van der Waals surface area contributed by atoms with Crippen molar-refractivity contribution in [1.29, 1.82) is 0 Å². The standard InChI is InChI=1S/C19H15ClN6S/c20-17-23-18(22-14-5-6-15-16(9-14)27-11-21-15)25-19(24-17)26-8-7-12-3-1-2-4-13(12)10-26/h1-6,9,11H,7-8,10H2,(H,22,23,24,25). The maximum absolute atomic E-state index is 6.18. The van der Waals surface area contributed by atoms with Crippen LogP contribution in [0.15, 0.2) is 48.0 Å². The molecular formula is C19H15ClN6S. The quantitative estimate of drug-likeness (QED) is 0.554. The summed E-state index contributed by atoms with van der Waals surface area (Å²) < 4.78 is 1.10. The van der Waals surface area contributed by atoms with Crippen molar-refractivity contribution in [2.45, 2.75) is 13.0 Å². The van der Waals surface area contributed by atoms with Gasteiger partial charge in [0.1, 0.15) is 0 Å². The number of anilines is 3. The molecule has 0 saturated heterocycles. The molecule has 134 valence electrons. The Labute approximate surface area is 164 Å². The third-order valence-corrected chi connectivity index (χ3v) is 5.56. The monoisotopic (exact) mass is 394 g/mol. The van der Waals surface area contributed by atoms with E-state index in [1.54, 1.807) is 11.3 Å². The van der Waals surface area contributed by atoms with Crippen molar-refractivity contribution in [2.75, 3.05) is 16.8 Å². The van der Waals surface area contributed by atoms with Crippen molar-refractivity contribution >= 4 is 50.7 Å². The Morgan fingerprint density at radius 2 is 1.93 bits per heavy atom. The number of hydrogen-bond acceptors (Lipinski definition) is 7. The molecule has 2 aromatic heterocycles. The van der Waals surface area contributed by atoms with Crippen LogP contribution in [0, 0.1) is 0 Å². The minimum atomic E-state index is 0.181. The average molecular weight is 395 g/mol. The van der Waals surface area contributed by atoms with E-state index in [0.717, 1.165) is 35.4 Å². The maximum atomic E-state index is 6.18. The van der Waals surface area contributed by atoms with E-state index >= 15 is 0 Å². The highest BCUT2D eigenvalue weighted by molar-refractivity contribution is 7.16. The molecule has 5 rings (SSSR count). The molecule has 0 spiro atoms. The smallest absolute Gasteiger partial charge is 0.233 e. The van der Waals surface area contributed by atoms with Gasteiger partial charge in [0, 0.05) is 18.8 Å². The van der Waals surface area contributed by atoms with Crippen LogP contribution >= 0.6 is 22.9 Å². The van der Waals surface area contributed by atoms with Crippen LogP contribution in [-0.2, 0) is 13.0 Å². The topological polar surface area (TPSA) is 66.8 Å². The molecule has 27 heavy (non-hydrogen) atoms. The lowest BCUT2D eigenvalue weighted by molar-refractivity contribution is 0.705. The number of fused-ring (bicyclic) bond motifs is 2. The molecule has 8 heteroatoms. The molecule has 1 aliphatic rings. The SMILES string of the molecule is Clc1nc(Nc2ccc3ncsc3c2)nc(N2CCc3ccccc3C2)n1. The Bertz CT molecular complexity index is 1130. The zero-order valence-corrected chi connectivity index (χ0v) is 15.8. The number of aromatic nitrogens is 4. The van der Waals surface area contributed by atoms with Gasteiger partial charge in [0.2, 0.25) is 17.2 Å². The second-order valence-corrected chi connectivity index (χ2v) is 7.55. The minimum absolute atomic E-state index is 0.181. The van der Waals surface area contributed by atoms with Crippen LogP contribution in [0.25, 0.3) is 10.2 Å². The molecule has 3 heterocycles.